The molecule has 1 atom stereocenters. The number of aliphatic carboxylic acids is 1. The van der Waals surface area contributed by atoms with Gasteiger partial charge in [-0.2, -0.15) is 0 Å². The topological polar surface area (TPSA) is 76.2 Å². The molecule has 0 bridgehead atoms. The van der Waals surface area contributed by atoms with Crippen LogP contribution in [0.4, 0.5) is 0 Å². The van der Waals surface area contributed by atoms with Gasteiger partial charge in [-0.15, -0.1) is 10.2 Å². The Morgan fingerprint density at radius 1 is 1.44 bits per heavy atom. The van der Waals surface area contributed by atoms with E-state index in [-0.39, 0.29) is 11.2 Å². The van der Waals surface area contributed by atoms with E-state index in [9.17, 15) is 4.79 Å². The molecular weight excluding hydrogens is 252 g/mol. The van der Waals surface area contributed by atoms with Crippen LogP contribution in [-0.4, -0.2) is 27.0 Å². The first-order chi connectivity index (χ1) is 8.26. The number of carbonyl (C=O) groups is 1. The number of hydrogen-bond donors (Lipinski definition) is 1. The van der Waals surface area contributed by atoms with Crippen LogP contribution < -0.4 is 0 Å². The van der Waals surface area contributed by atoms with E-state index in [0.717, 1.165) is 24.6 Å². The van der Waals surface area contributed by atoms with Crippen molar-refractivity contribution in [3.05, 3.63) is 5.89 Å². The van der Waals surface area contributed by atoms with E-state index in [1.165, 1.54) is 0 Å². The Kier molecular flexibility index (Phi) is 5.19. The van der Waals surface area contributed by atoms with Crippen LogP contribution in [0.5, 0.6) is 0 Å². The minimum absolute atomic E-state index is 0.0564. The molecule has 0 amide bonds. The maximum Gasteiger partial charge on any atom is 0.314 e. The quantitative estimate of drug-likeness (QED) is 0.802. The van der Waals surface area contributed by atoms with Crippen LogP contribution >= 0.6 is 11.8 Å². The van der Waals surface area contributed by atoms with Crippen molar-refractivity contribution in [1.29, 1.82) is 0 Å². The first kappa shape index (κ1) is 15.0. The first-order valence-corrected chi connectivity index (χ1v) is 6.92. The smallest absolute Gasteiger partial charge is 0.314 e. The summed E-state index contributed by atoms with van der Waals surface area (Å²) in [6.45, 7) is 8.75. The molecule has 1 heterocycles. The summed E-state index contributed by atoms with van der Waals surface area (Å²) in [4.78, 5) is 10.4. The Labute approximate surface area is 111 Å². The van der Waals surface area contributed by atoms with Crippen molar-refractivity contribution in [2.24, 2.45) is 11.3 Å². The van der Waals surface area contributed by atoms with Crippen LogP contribution in [0.3, 0.4) is 0 Å². The summed E-state index contributed by atoms with van der Waals surface area (Å²) in [5.41, 5.74) is 0.278. The lowest BCUT2D eigenvalue weighted by atomic mass is 9.84. The number of hydrogen-bond acceptors (Lipinski definition) is 5. The summed E-state index contributed by atoms with van der Waals surface area (Å²) in [5.74, 6) is 0.0994. The highest BCUT2D eigenvalue weighted by molar-refractivity contribution is 7.99. The highest BCUT2D eigenvalue weighted by atomic mass is 32.2. The molecule has 5 nitrogen and oxygen atoms in total. The maximum absolute atomic E-state index is 10.4. The Balaban J connectivity index is 2.46. The van der Waals surface area contributed by atoms with Gasteiger partial charge < -0.3 is 9.52 Å². The van der Waals surface area contributed by atoms with E-state index in [2.05, 4.69) is 37.9 Å². The van der Waals surface area contributed by atoms with Crippen molar-refractivity contribution in [1.82, 2.24) is 10.2 Å². The lowest BCUT2D eigenvalue weighted by Crippen LogP contribution is -2.12. The highest BCUT2D eigenvalue weighted by Gasteiger charge is 2.18. The molecule has 0 spiro atoms. The number of aromatic nitrogens is 2. The van der Waals surface area contributed by atoms with Crippen LogP contribution in [0.1, 0.15) is 40.0 Å². The standard InChI is InChI=1S/C12H20N2O3S/c1-8(6-12(2,3)4)5-9-13-14-11(17-9)18-7-10(15)16/h8H,5-7H2,1-4H3,(H,15,16). The summed E-state index contributed by atoms with van der Waals surface area (Å²) < 4.78 is 5.40. The lowest BCUT2D eigenvalue weighted by Gasteiger charge is -2.22. The lowest BCUT2D eigenvalue weighted by molar-refractivity contribution is -0.133. The van der Waals surface area contributed by atoms with Crippen LogP contribution in [0.25, 0.3) is 0 Å². The van der Waals surface area contributed by atoms with Gasteiger partial charge in [0.15, 0.2) is 0 Å². The molecule has 0 saturated carbocycles. The van der Waals surface area contributed by atoms with Crippen molar-refractivity contribution < 1.29 is 14.3 Å². The van der Waals surface area contributed by atoms with E-state index < -0.39 is 5.97 Å². The molecule has 0 aromatic carbocycles. The summed E-state index contributed by atoms with van der Waals surface area (Å²) in [6.07, 6.45) is 1.81. The second-order valence-corrected chi connectivity index (χ2v) is 6.64. The van der Waals surface area contributed by atoms with Gasteiger partial charge in [-0.05, 0) is 17.8 Å². The van der Waals surface area contributed by atoms with Gasteiger partial charge in [0, 0.05) is 6.42 Å². The van der Waals surface area contributed by atoms with E-state index in [0.29, 0.717) is 17.0 Å². The fourth-order valence-corrected chi connectivity index (χ4v) is 2.42. The summed E-state index contributed by atoms with van der Waals surface area (Å²) >= 11 is 1.05. The minimum atomic E-state index is -0.888. The Bertz CT molecular complexity index is 398. The van der Waals surface area contributed by atoms with E-state index in [4.69, 9.17) is 9.52 Å². The van der Waals surface area contributed by atoms with Crippen molar-refractivity contribution in [3.8, 4) is 0 Å². The molecule has 6 heteroatoms. The Morgan fingerprint density at radius 2 is 2.11 bits per heavy atom. The largest absolute Gasteiger partial charge is 0.481 e. The van der Waals surface area contributed by atoms with Crippen LogP contribution in [0.2, 0.25) is 0 Å². The molecule has 0 aliphatic rings. The van der Waals surface area contributed by atoms with E-state index in [1.807, 2.05) is 0 Å². The number of rotatable bonds is 6. The molecule has 1 rings (SSSR count). The van der Waals surface area contributed by atoms with Gasteiger partial charge in [-0.25, -0.2) is 0 Å². The summed E-state index contributed by atoms with van der Waals surface area (Å²) in [5, 5.41) is 16.6. The zero-order chi connectivity index (χ0) is 13.8. The molecule has 18 heavy (non-hydrogen) atoms. The zero-order valence-electron chi connectivity index (χ0n) is 11.3. The first-order valence-electron chi connectivity index (χ1n) is 5.93. The number of thioether (sulfide) groups is 1. The normalized spacial score (nSPS) is 13.6. The van der Waals surface area contributed by atoms with E-state index >= 15 is 0 Å². The van der Waals surface area contributed by atoms with Crippen molar-refractivity contribution in [2.45, 2.75) is 45.8 Å². The molecule has 0 saturated heterocycles. The molecule has 1 N–H and O–H groups in total. The average Bonchev–Trinajstić information content (AvgIpc) is 2.59. The van der Waals surface area contributed by atoms with Crippen LogP contribution in [0.15, 0.2) is 9.64 Å². The molecule has 0 radical (unpaired) electrons. The zero-order valence-corrected chi connectivity index (χ0v) is 12.1. The molecule has 0 aliphatic carbocycles. The highest BCUT2D eigenvalue weighted by Crippen LogP contribution is 2.26. The molecule has 1 aromatic heterocycles. The predicted octanol–water partition coefficient (Wildman–Crippen LogP) is 2.86. The average molecular weight is 272 g/mol. The minimum Gasteiger partial charge on any atom is -0.481 e. The predicted molar refractivity (Wildman–Crippen MR) is 69.6 cm³/mol. The van der Waals surface area contributed by atoms with Gasteiger partial charge in [-0.1, -0.05) is 39.5 Å². The van der Waals surface area contributed by atoms with E-state index in [1.54, 1.807) is 0 Å². The fourth-order valence-electron chi connectivity index (χ4n) is 1.92. The second kappa shape index (κ2) is 6.22. The molecule has 102 valence electrons. The molecule has 1 aromatic rings. The van der Waals surface area contributed by atoms with Gasteiger partial charge in [0.1, 0.15) is 5.75 Å². The molecule has 0 fully saturated rings. The Morgan fingerprint density at radius 3 is 2.67 bits per heavy atom. The fraction of sp³-hybridized carbons (Fsp3) is 0.750. The molecule has 0 aliphatic heterocycles. The van der Waals surface area contributed by atoms with Crippen LogP contribution in [-0.2, 0) is 11.2 Å². The summed E-state index contributed by atoms with van der Waals surface area (Å²) in [7, 11) is 0. The number of nitrogens with zero attached hydrogens (tertiary/aromatic N) is 2. The van der Waals surface area contributed by atoms with Crippen molar-refractivity contribution in [2.75, 3.05) is 5.75 Å². The summed E-state index contributed by atoms with van der Waals surface area (Å²) in [6, 6.07) is 0. The van der Waals surface area contributed by atoms with Crippen LogP contribution in [0, 0.1) is 11.3 Å². The van der Waals surface area contributed by atoms with Gasteiger partial charge in [0.2, 0.25) is 5.89 Å². The maximum atomic E-state index is 10.4. The van der Waals surface area contributed by atoms with Gasteiger partial charge in [-0.3, -0.25) is 4.79 Å². The number of carboxylic acid groups (broad SMARTS) is 1. The SMILES string of the molecule is CC(Cc1nnc(SCC(=O)O)o1)CC(C)(C)C. The third-order valence-corrected chi connectivity index (χ3v) is 3.05. The van der Waals surface area contributed by atoms with Gasteiger partial charge >= 0.3 is 5.97 Å². The third kappa shape index (κ3) is 6.05. The van der Waals surface area contributed by atoms with Crippen molar-refractivity contribution in [3.63, 3.8) is 0 Å². The monoisotopic (exact) mass is 272 g/mol. The van der Waals surface area contributed by atoms with Gasteiger partial charge in [0.05, 0.1) is 0 Å². The van der Waals surface area contributed by atoms with Crippen molar-refractivity contribution >= 4 is 17.7 Å². The number of carboxylic acids is 1. The Hall–Kier alpha value is -1.04. The third-order valence-electron chi connectivity index (χ3n) is 2.25. The molecular formula is C12H20N2O3S. The van der Waals surface area contributed by atoms with Gasteiger partial charge in [0.25, 0.3) is 5.22 Å². The molecule has 1 unspecified atom stereocenters. The second-order valence-electron chi connectivity index (χ2n) is 5.72.